The van der Waals surface area contributed by atoms with Crippen LogP contribution in [0, 0.1) is 0 Å². The van der Waals surface area contributed by atoms with E-state index >= 15 is 0 Å². The zero-order chi connectivity index (χ0) is 27.2. The van der Waals surface area contributed by atoms with Crippen LogP contribution in [0.1, 0.15) is 17.2 Å². The number of hydrazine groups is 1. The van der Waals surface area contributed by atoms with Crippen molar-refractivity contribution < 1.29 is 0 Å². The SMILES string of the molecule is C(=Cc1c2ccccc2nc2ccccc12)C1=CC(c2c3ccccc3nc3ccccc23)N(c2ccccc2)N1. The molecule has 4 heteroatoms. The lowest BCUT2D eigenvalue weighted by atomic mass is 9.95. The molecule has 41 heavy (non-hydrogen) atoms. The maximum Gasteiger partial charge on any atom is 0.0971 e. The summed E-state index contributed by atoms with van der Waals surface area (Å²) in [6.45, 7) is 0. The monoisotopic (exact) mass is 526 g/mol. The lowest BCUT2D eigenvalue weighted by molar-refractivity contribution is 0.716. The summed E-state index contributed by atoms with van der Waals surface area (Å²) >= 11 is 0. The van der Waals surface area contributed by atoms with E-state index in [0.29, 0.717) is 0 Å². The molecule has 0 bridgehead atoms. The van der Waals surface area contributed by atoms with Crippen molar-refractivity contribution in [1.29, 1.82) is 0 Å². The first kappa shape index (κ1) is 23.4. The standard InChI is InChI=1S/C37H26N4/c1-2-12-26(13-3-1)41-36(37-30-16-6-10-20-34(30)39-35-21-11-7-17-31(35)37)24-25(40-41)22-23-27-28-14-4-8-18-32(28)38-33-19-9-5-15-29(27)33/h1-24,36,40H. The molecule has 0 amide bonds. The Morgan fingerprint density at radius 2 is 0.976 bits per heavy atom. The van der Waals surface area contributed by atoms with Crippen molar-refractivity contribution in [3.8, 4) is 0 Å². The van der Waals surface area contributed by atoms with Crippen molar-refractivity contribution >= 4 is 55.4 Å². The predicted octanol–water partition coefficient (Wildman–Crippen LogP) is 8.75. The minimum Gasteiger partial charge on any atom is -0.298 e. The van der Waals surface area contributed by atoms with Crippen LogP contribution in [0.15, 0.2) is 145 Å². The van der Waals surface area contributed by atoms with Crippen molar-refractivity contribution in [2.24, 2.45) is 0 Å². The lowest BCUT2D eigenvalue weighted by Gasteiger charge is -2.29. The van der Waals surface area contributed by atoms with Gasteiger partial charge in [-0.05, 0) is 59.7 Å². The van der Waals surface area contributed by atoms with Crippen molar-refractivity contribution in [3.05, 3.63) is 156 Å². The number of pyridine rings is 2. The summed E-state index contributed by atoms with van der Waals surface area (Å²) < 4.78 is 0. The summed E-state index contributed by atoms with van der Waals surface area (Å²) in [5.74, 6) is 0. The Hall–Kier alpha value is -5.48. The van der Waals surface area contributed by atoms with Crippen molar-refractivity contribution in [1.82, 2.24) is 15.4 Å². The van der Waals surface area contributed by atoms with Gasteiger partial charge in [-0.3, -0.25) is 10.4 Å². The number of benzene rings is 5. The van der Waals surface area contributed by atoms with Gasteiger partial charge < -0.3 is 0 Å². The quantitative estimate of drug-likeness (QED) is 0.233. The van der Waals surface area contributed by atoms with Crippen LogP contribution < -0.4 is 10.4 Å². The Morgan fingerprint density at radius 1 is 0.512 bits per heavy atom. The summed E-state index contributed by atoms with van der Waals surface area (Å²) in [7, 11) is 0. The topological polar surface area (TPSA) is 41.1 Å². The Labute approximate surface area is 237 Å². The van der Waals surface area contributed by atoms with Crippen molar-refractivity contribution in [2.75, 3.05) is 5.01 Å². The fourth-order valence-corrected chi connectivity index (χ4v) is 6.03. The fourth-order valence-electron chi connectivity index (χ4n) is 6.03. The molecule has 4 nitrogen and oxygen atoms in total. The average molecular weight is 527 g/mol. The molecule has 0 saturated carbocycles. The number of nitrogens with one attached hydrogen (secondary N) is 1. The molecule has 1 aliphatic rings. The number of aromatic nitrogens is 2. The van der Waals surface area contributed by atoms with Crippen LogP contribution in [0.25, 0.3) is 49.7 Å². The van der Waals surface area contributed by atoms with E-state index in [1.807, 2.05) is 12.1 Å². The van der Waals surface area contributed by atoms with Gasteiger partial charge in [-0.1, -0.05) is 97.1 Å². The van der Waals surface area contributed by atoms with Crippen LogP contribution in [0.2, 0.25) is 0 Å². The lowest BCUT2D eigenvalue weighted by Crippen LogP contribution is -2.34. The molecule has 0 fully saturated rings. The highest BCUT2D eigenvalue weighted by atomic mass is 15.5. The number of anilines is 1. The maximum atomic E-state index is 4.98. The van der Waals surface area contributed by atoms with Gasteiger partial charge in [0, 0.05) is 21.5 Å². The van der Waals surface area contributed by atoms with E-state index in [9.17, 15) is 0 Å². The van der Waals surface area contributed by atoms with Gasteiger partial charge in [-0.25, -0.2) is 9.97 Å². The Bertz CT molecular complexity index is 2040. The number of allylic oxidation sites excluding steroid dienone is 1. The first-order valence-corrected chi connectivity index (χ1v) is 13.9. The second kappa shape index (κ2) is 9.61. The van der Waals surface area contributed by atoms with Gasteiger partial charge in [0.15, 0.2) is 0 Å². The number of para-hydroxylation sites is 5. The Kier molecular flexibility index (Phi) is 5.49. The van der Waals surface area contributed by atoms with Gasteiger partial charge in [-0.2, -0.15) is 0 Å². The molecule has 1 aliphatic heterocycles. The minimum atomic E-state index is -0.0409. The molecule has 194 valence electrons. The summed E-state index contributed by atoms with van der Waals surface area (Å²) in [5, 5.41) is 6.86. The highest BCUT2D eigenvalue weighted by molar-refractivity contribution is 6.03. The predicted molar refractivity (Wildman–Crippen MR) is 170 cm³/mol. The smallest absolute Gasteiger partial charge is 0.0971 e. The number of nitrogens with zero attached hydrogens (tertiary/aromatic N) is 3. The molecule has 1 unspecified atom stereocenters. The zero-order valence-electron chi connectivity index (χ0n) is 22.3. The molecule has 2 aromatic heterocycles. The third-order valence-corrected chi connectivity index (χ3v) is 7.88. The summed E-state index contributed by atoms with van der Waals surface area (Å²) in [5.41, 5.74) is 12.3. The van der Waals surface area contributed by atoms with Crippen LogP contribution in [0.3, 0.4) is 0 Å². The molecule has 7 aromatic rings. The number of hydrogen-bond acceptors (Lipinski definition) is 4. The van der Waals surface area contributed by atoms with E-state index in [0.717, 1.165) is 55.0 Å². The molecule has 0 spiro atoms. The Balaban J connectivity index is 1.32. The van der Waals surface area contributed by atoms with Gasteiger partial charge in [0.2, 0.25) is 0 Å². The highest BCUT2D eigenvalue weighted by Gasteiger charge is 2.29. The van der Waals surface area contributed by atoms with Gasteiger partial charge in [0.25, 0.3) is 0 Å². The van der Waals surface area contributed by atoms with E-state index in [4.69, 9.17) is 9.97 Å². The largest absolute Gasteiger partial charge is 0.298 e. The molecule has 0 saturated heterocycles. The fraction of sp³-hybridized carbons (Fsp3) is 0.0270. The van der Waals surface area contributed by atoms with E-state index in [-0.39, 0.29) is 6.04 Å². The zero-order valence-corrected chi connectivity index (χ0v) is 22.3. The van der Waals surface area contributed by atoms with E-state index in [1.54, 1.807) is 0 Å². The van der Waals surface area contributed by atoms with E-state index < -0.39 is 0 Å². The molecule has 8 rings (SSSR count). The summed E-state index contributed by atoms with van der Waals surface area (Å²) in [4.78, 5) is 9.88. The molecule has 0 aliphatic carbocycles. The molecule has 1 atom stereocenters. The van der Waals surface area contributed by atoms with Gasteiger partial charge >= 0.3 is 0 Å². The third-order valence-electron chi connectivity index (χ3n) is 7.88. The summed E-state index contributed by atoms with van der Waals surface area (Å²) in [6.07, 6.45) is 6.73. The van der Waals surface area contributed by atoms with E-state index in [2.05, 4.69) is 144 Å². The second-order valence-electron chi connectivity index (χ2n) is 10.3. The molecule has 1 N–H and O–H groups in total. The first-order valence-electron chi connectivity index (χ1n) is 13.9. The van der Waals surface area contributed by atoms with Crippen molar-refractivity contribution in [2.45, 2.75) is 6.04 Å². The van der Waals surface area contributed by atoms with Crippen LogP contribution in [-0.4, -0.2) is 9.97 Å². The Morgan fingerprint density at radius 3 is 1.54 bits per heavy atom. The van der Waals surface area contributed by atoms with Gasteiger partial charge in [0.05, 0.1) is 39.5 Å². The van der Waals surface area contributed by atoms with Crippen LogP contribution in [-0.2, 0) is 0 Å². The number of rotatable bonds is 4. The van der Waals surface area contributed by atoms with Gasteiger partial charge in [0.1, 0.15) is 0 Å². The normalized spacial score (nSPS) is 15.3. The number of hydrogen-bond donors (Lipinski definition) is 1. The van der Waals surface area contributed by atoms with Crippen molar-refractivity contribution in [3.63, 3.8) is 0 Å². The van der Waals surface area contributed by atoms with Crippen LogP contribution in [0.5, 0.6) is 0 Å². The molecule has 5 aromatic carbocycles. The first-order chi connectivity index (χ1) is 20.3. The number of fused-ring (bicyclic) bond motifs is 4. The van der Waals surface area contributed by atoms with E-state index in [1.165, 1.54) is 11.1 Å². The second-order valence-corrected chi connectivity index (χ2v) is 10.3. The maximum absolute atomic E-state index is 4.98. The third kappa shape index (κ3) is 4.00. The minimum absolute atomic E-state index is 0.0409. The molecular weight excluding hydrogens is 500 g/mol. The molecule has 0 radical (unpaired) electrons. The average Bonchev–Trinajstić information content (AvgIpc) is 3.46. The molecular formula is C37H26N4. The van der Waals surface area contributed by atoms with Crippen LogP contribution in [0.4, 0.5) is 5.69 Å². The molecule has 3 heterocycles. The van der Waals surface area contributed by atoms with Gasteiger partial charge in [-0.15, -0.1) is 0 Å². The highest BCUT2D eigenvalue weighted by Crippen LogP contribution is 2.39. The summed E-state index contributed by atoms with van der Waals surface area (Å²) in [6, 6.07) is 44.1. The van der Waals surface area contributed by atoms with Crippen LogP contribution >= 0.6 is 0 Å².